The minimum atomic E-state index is -0.0327. The molecule has 1 aromatic carbocycles. The Morgan fingerprint density at radius 2 is 2.40 bits per heavy atom. The number of nitrogens with zero attached hydrogens (tertiary/aromatic N) is 2. The van der Waals surface area contributed by atoms with Gasteiger partial charge in [0.15, 0.2) is 6.61 Å². The number of fused-ring (bicyclic) bond motifs is 1. The molecule has 20 heavy (non-hydrogen) atoms. The molecule has 0 saturated carbocycles. The Morgan fingerprint density at radius 3 is 3.10 bits per heavy atom. The summed E-state index contributed by atoms with van der Waals surface area (Å²) in [5, 5.41) is 4.00. The highest BCUT2D eigenvalue weighted by molar-refractivity contribution is 6.02. The van der Waals surface area contributed by atoms with E-state index in [1.165, 1.54) is 0 Å². The number of hydrogen-bond acceptors (Lipinski definition) is 4. The molecule has 0 bridgehead atoms. The second kappa shape index (κ2) is 6.23. The molecule has 0 spiro atoms. The van der Waals surface area contributed by atoms with Crippen molar-refractivity contribution in [3.05, 3.63) is 36.4 Å². The molecule has 5 nitrogen and oxygen atoms in total. The maximum Gasteiger partial charge on any atom is 0.265 e. The van der Waals surface area contributed by atoms with E-state index < -0.39 is 0 Å². The lowest BCUT2D eigenvalue weighted by Gasteiger charge is -2.28. The van der Waals surface area contributed by atoms with Crippen LogP contribution in [-0.2, 0) is 9.63 Å². The van der Waals surface area contributed by atoms with E-state index in [0.717, 1.165) is 22.7 Å². The fourth-order valence-corrected chi connectivity index (χ4v) is 2.01. The normalized spacial score (nSPS) is 14.6. The molecule has 0 aliphatic carbocycles. The van der Waals surface area contributed by atoms with Crippen LogP contribution >= 0.6 is 0 Å². The van der Waals surface area contributed by atoms with Gasteiger partial charge in [0.1, 0.15) is 12.4 Å². The molecule has 0 aromatic heterocycles. The number of likely N-dealkylation sites (N-methyl/N-ethyl adjacent to an activating group) is 1. The van der Waals surface area contributed by atoms with Crippen molar-refractivity contribution in [3.63, 3.8) is 0 Å². The Kier molecular flexibility index (Phi) is 4.40. The number of anilines is 1. The fraction of sp³-hybridized carbons (Fsp3) is 0.333. The quantitative estimate of drug-likeness (QED) is 0.358. The molecule has 2 rings (SSSR count). The highest BCUT2D eigenvalue weighted by Crippen LogP contribution is 2.32. The van der Waals surface area contributed by atoms with E-state index in [1.807, 2.05) is 32.0 Å². The van der Waals surface area contributed by atoms with Crippen LogP contribution in [0.5, 0.6) is 5.75 Å². The van der Waals surface area contributed by atoms with Crippen LogP contribution in [0.2, 0.25) is 0 Å². The van der Waals surface area contributed by atoms with Gasteiger partial charge in [0.25, 0.3) is 5.91 Å². The van der Waals surface area contributed by atoms with Gasteiger partial charge in [-0.25, -0.2) is 0 Å². The molecule has 0 saturated heterocycles. The summed E-state index contributed by atoms with van der Waals surface area (Å²) in [5.41, 5.74) is 2.41. The summed E-state index contributed by atoms with van der Waals surface area (Å²) >= 11 is 0. The topological polar surface area (TPSA) is 51.1 Å². The first-order valence-corrected chi connectivity index (χ1v) is 6.52. The van der Waals surface area contributed by atoms with Crippen molar-refractivity contribution >= 4 is 17.3 Å². The maximum atomic E-state index is 11.8. The van der Waals surface area contributed by atoms with Gasteiger partial charge in [0, 0.05) is 12.1 Å². The Hall–Kier alpha value is -2.30. The van der Waals surface area contributed by atoms with Crippen LogP contribution in [0, 0.1) is 0 Å². The van der Waals surface area contributed by atoms with Gasteiger partial charge in [-0.1, -0.05) is 17.8 Å². The van der Waals surface area contributed by atoms with Crippen LogP contribution in [-0.4, -0.2) is 31.4 Å². The Balaban J connectivity index is 2.30. The summed E-state index contributed by atoms with van der Waals surface area (Å²) in [6, 6.07) is 5.65. The lowest BCUT2D eigenvalue weighted by atomic mass is 10.1. The predicted octanol–water partition coefficient (Wildman–Crippen LogP) is 2.36. The van der Waals surface area contributed by atoms with Gasteiger partial charge < -0.3 is 14.5 Å². The highest BCUT2D eigenvalue weighted by Gasteiger charge is 2.24. The minimum Gasteiger partial charge on any atom is -0.482 e. The zero-order chi connectivity index (χ0) is 14.5. The molecule has 0 fully saturated rings. The zero-order valence-corrected chi connectivity index (χ0v) is 11.8. The number of oxime groups is 1. The molecule has 1 amide bonds. The Labute approximate surface area is 118 Å². The average molecular weight is 274 g/mol. The summed E-state index contributed by atoms with van der Waals surface area (Å²) < 4.78 is 5.43. The summed E-state index contributed by atoms with van der Waals surface area (Å²) in [4.78, 5) is 18.6. The Morgan fingerprint density at radius 1 is 1.60 bits per heavy atom. The van der Waals surface area contributed by atoms with Gasteiger partial charge in [-0.2, -0.15) is 0 Å². The van der Waals surface area contributed by atoms with E-state index in [1.54, 1.807) is 11.0 Å². The monoisotopic (exact) mass is 274 g/mol. The lowest BCUT2D eigenvalue weighted by Crippen LogP contribution is -2.38. The molecule has 1 aromatic rings. The van der Waals surface area contributed by atoms with E-state index in [2.05, 4.69) is 11.7 Å². The maximum absolute atomic E-state index is 11.8. The third-order valence-electron chi connectivity index (χ3n) is 3.03. The average Bonchev–Trinajstić information content (AvgIpc) is 2.46. The molecule has 5 heteroatoms. The highest BCUT2D eigenvalue weighted by atomic mass is 16.6. The lowest BCUT2D eigenvalue weighted by molar-refractivity contribution is -0.121. The molecule has 0 N–H and O–H groups in total. The van der Waals surface area contributed by atoms with Crippen LogP contribution in [0.3, 0.4) is 0 Å². The summed E-state index contributed by atoms with van der Waals surface area (Å²) in [5.74, 6) is 0.685. The first-order valence-electron chi connectivity index (χ1n) is 6.52. The third kappa shape index (κ3) is 2.82. The number of carbonyl (C=O) groups excluding carboxylic acids is 1. The van der Waals surface area contributed by atoms with E-state index in [-0.39, 0.29) is 12.5 Å². The van der Waals surface area contributed by atoms with E-state index in [4.69, 9.17) is 9.57 Å². The van der Waals surface area contributed by atoms with Gasteiger partial charge in [-0.05, 0) is 32.0 Å². The van der Waals surface area contributed by atoms with Crippen LogP contribution in [0.1, 0.15) is 19.4 Å². The molecule has 1 aliphatic rings. The first-order chi connectivity index (χ1) is 9.67. The van der Waals surface area contributed by atoms with Gasteiger partial charge >= 0.3 is 0 Å². The van der Waals surface area contributed by atoms with Crippen molar-refractivity contribution in [1.29, 1.82) is 0 Å². The van der Waals surface area contributed by atoms with Crippen LogP contribution in [0.15, 0.2) is 36.0 Å². The summed E-state index contributed by atoms with van der Waals surface area (Å²) in [6.45, 7) is 8.43. The SMILES string of the molecule is C=CCO/N=C(\C)c1ccc2c(c1)N(CC)C(=O)CO2. The van der Waals surface area contributed by atoms with Crippen LogP contribution in [0.4, 0.5) is 5.69 Å². The number of ether oxygens (including phenoxy) is 1. The molecule has 1 heterocycles. The van der Waals surface area contributed by atoms with Crippen molar-refractivity contribution < 1.29 is 14.4 Å². The molecule has 1 aliphatic heterocycles. The third-order valence-corrected chi connectivity index (χ3v) is 3.03. The van der Waals surface area contributed by atoms with Gasteiger partial charge in [0.2, 0.25) is 0 Å². The van der Waals surface area contributed by atoms with Crippen molar-refractivity contribution in [2.45, 2.75) is 13.8 Å². The van der Waals surface area contributed by atoms with E-state index >= 15 is 0 Å². The van der Waals surface area contributed by atoms with Crippen molar-refractivity contribution in [2.24, 2.45) is 5.16 Å². The number of benzene rings is 1. The largest absolute Gasteiger partial charge is 0.482 e. The second-order valence-corrected chi connectivity index (χ2v) is 4.37. The number of carbonyl (C=O) groups is 1. The number of amides is 1. The van der Waals surface area contributed by atoms with Gasteiger partial charge in [-0.3, -0.25) is 4.79 Å². The molecule has 0 atom stereocenters. The first kappa shape index (κ1) is 14.1. The van der Waals surface area contributed by atoms with Crippen molar-refractivity contribution in [2.75, 3.05) is 24.7 Å². The fourth-order valence-electron chi connectivity index (χ4n) is 2.01. The van der Waals surface area contributed by atoms with Crippen molar-refractivity contribution in [1.82, 2.24) is 0 Å². The molecule has 0 radical (unpaired) electrons. The van der Waals surface area contributed by atoms with Crippen LogP contribution < -0.4 is 9.64 Å². The van der Waals surface area contributed by atoms with Gasteiger partial charge in [-0.15, -0.1) is 0 Å². The standard InChI is InChI=1S/C15H18N2O3/c1-4-8-20-16-11(3)12-6-7-14-13(9-12)17(5-2)15(18)10-19-14/h4,6-7,9H,1,5,8,10H2,2-3H3/b16-11+. The summed E-state index contributed by atoms with van der Waals surface area (Å²) in [6.07, 6.45) is 1.63. The molecule has 106 valence electrons. The molecular formula is C15H18N2O3. The zero-order valence-electron chi connectivity index (χ0n) is 11.8. The van der Waals surface area contributed by atoms with E-state index in [9.17, 15) is 4.79 Å². The second-order valence-electron chi connectivity index (χ2n) is 4.37. The number of hydrogen-bond donors (Lipinski definition) is 0. The number of rotatable bonds is 5. The predicted molar refractivity (Wildman–Crippen MR) is 78.3 cm³/mol. The van der Waals surface area contributed by atoms with E-state index in [0.29, 0.717) is 13.2 Å². The van der Waals surface area contributed by atoms with Gasteiger partial charge in [0.05, 0.1) is 11.4 Å². The van der Waals surface area contributed by atoms with Crippen LogP contribution in [0.25, 0.3) is 0 Å². The smallest absolute Gasteiger partial charge is 0.265 e. The molecule has 0 unspecified atom stereocenters. The van der Waals surface area contributed by atoms with Crippen molar-refractivity contribution in [3.8, 4) is 5.75 Å². The summed E-state index contributed by atoms with van der Waals surface area (Å²) in [7, 11) is 0. The minimum absolute atomic E-state index is 0.0327. The Bertz CT molecular complexity index is 552. The molecular weight excluding hydrogens is 256 g/mol.